The van der Waals surface area contributed by atoms with Crippen molar-refractivity contribution in [1.82, 2.24) is 0 Å². The van der Waals surface area contributed by atoms with E-state index in [1.54, 1.807) is 6.08 Å². The lowest BCUT2D eigenvalue weighted by atomic mass is 9.94. The van der Waals surface area contributed by atoms with Gasteiger partial charge in [0.1, 0.15) is 11.8 Å². The largest absolute Gasteiger partial charge is 0.510 e. The number of carbonyl (C=O) groups is 1. The Morgan fingerprint density at radius 2 is 2.33 bits per heavy atom. The Morgan fingerprint density at radius 1 is 1.67 bits per heavy atom. The van der Waals surface area contributed by atoms with Crippen LogP contribution in [0.5, 0.6) is 0 Å². The number of nitrogens with two attached hydrogens (primary N) is 1. The molecule has 15 heavy (non-hydrogen) atoms. The number of aliphatic carboxylic acids is 1. The molecule has 82 valence electrons. The molecule has 0 spiro atoms. The lowest BCUT2D eigenvalue weighted by molar-refractivity contribution is -0.138. The second kappa shape index (κ2) is 4.70. The topological polar surface area (TPSA) is 113 Å². The summed E-state index contributed by atoms with van der Waals surface area (Å²) >= 11 is 0. The van der Waals surface area contributed by atoms with E-state index >= 15 is 0 Å². The second-order valence-corrected chi connectivity index (χ2v) is 3.39. The van der Waals surface area contributed by atoms with E-state index in [2.05, 4.69) is 5.18 Å². The highest BCUT2D eigenvalue weighted by Gasteiger charge is 2.22. The van der Waals surface area contributed by atoms with Gasteiger partial charge in [0.15, 0.2) is 6.04 Å². The van der Waals surface area contributed by atoms with Gasteiger partial charge in [0.05, 0.1) is 0 Å². The van der Waals surface area contributed by atoms with Gasteiger partial charge in [0, 0.05) is 6.42 Å². The first kappa shape index (κ1) is 11.4. The molecule has 2 atom stereocenters. The first-order chi connectivity index (χ1) is 7.04. The van der Waals surface area contributed by atoms with Crippen LogP contribution in [0.4, 0.5) is 0 Å². The number of nitrogens with zero attached hydrogens (tertiary/aromatic N) is 1. The quantitative estimate of drug-likeness (QED) is 0.593. The van der Waals surface area contributed by atoms with Crippen molar-refractivity contribution in [3.8, 4) is 0 Å². The van der Waals surface area contributed by atoms with E-state index in [1.165, 1.54) is 6.08 Å². The standard InChI is InChI=1S/C9H12N2O4/c10-6(9(13)14)3-5-1-2-8(12)7(4-5)11-15/h1-2,6-7,12H,3-4,10H2,(H,13,14). The summed E-state index contributed by atoms with van der Waals surface area (Å²) in [6.45, 7) is 0. The molecular weight excluding hydrogens is 200 g/mol. The Morgan fingerprint density at radius 3 is 2.87 bits per heavy atom. The Bertz CT molecular complexity index is 335. The van der Waals surface area contributed by atoms with Gasteiger partial charge in [-0.3, -0.25) is 4.79 Å². The number of carboxylic acids is 1. The molecule has 1 rings (SSSR count). The fourth-order valence-corrected chi connectivity index (χ4v) is 1.35. The molecule has 6 nitrogen and oxygen atoms in total. The molecule has 0 fully saturated rings. The first-order valence-electron chi connectivity index (χ1n) is 4.44. The van der Waals surface area contributed by atoms with Crippen LogP contribution in [0.25, 0.3) is 0 Å². The number of hydrogen-bond acceptors (Lipinski definition) is 5. The fraction of sp³-hybridized carbons (Fsp3) is 0.444. The maximum Gasteiger partial charge on any atom is 0.320 e. The molecule has 2 unspecified atom stereocenters. The van der Waals surface area contributed by atoms with Crippen molar-refractivity contribution in [2.75, 3.05) is 0 Å². The van der Waals surface area contributed by atoms with Crippen LogP contribution in [-0.2, 0) is 4.79 Å². The van der Waals surface area contributed by atoms with E-state index in [4.69, 9.17) is 10.8 Å². The summed E-state index contributed by atoms with van der Waals surface area (Å²) in [6, 6.07) is -1.80. The summed E-state index contributed by atoms with van der Waals surface area (Å²) in [6.07, 6.45) is 3.30. The van der Waals surface area contributed by atoms with E-state index in [9.17, 15) is 14.8 Å². The third-order valence-corrected chi connectivity index (χ3v) is 2.21. The molecule has 0 heterocycles. The molecule has 0 aromatic heterocycles. The summed E-state index contributed by atoms with van der Waals surface area (Å²) < 4.78 is 0. The van der Waals surface area contributed by atoms with Crippen LogP contribution in [-0.4, -0.2) is 28.3 Å². The van der Waals surface area contributed by atoms with Gasteiger partial charge >= 0.3 is 5.97 Å². The predicted molar refractivity (Wildman–Crippen MR) is 53.2 cm³/mol. The zero-order chi connectivity index (χ0) is 11.4. The Hall–Kier alpha value is -1.69. The average molecular weight is 212 g/mol. The molecule has 1 aliphatic carbocycles. The highest BCUT2D eigenvalue weighted by Crippen LogP contribution is 2.23. The number of rotatable bonds is 4. The minimum absolute atomic E-state index is 0.0994. The van der Waals surface area contributed by atoms with E-state index in [-0.39, 0.29) is 18.6 Å². The first-order valence-corrected chi connectivity index (χ1v) is 4.44. The van der Waals surface area contributed by atoms with E-state index in [0.29, 0.717) is 5.57 Å². The van der Waals surface area contributed by atoms with Crippen LogP contribution in [0, 0.1) is 4.91 Å². The van der Waals surface area contributed by atoms with Gasteiger partial charge in [0.2, 0.25) is 0 Å². The third-order valence-electron chi connectivity index (χ3n) is 2.21. The normalized spacial score (nSPS) is 22.6. The molecule has 0 amide bonds. The summed E-state index contributed by atoms with van der Waals surface area (Å²) in [4.78, 5) is 20.8. The number of nitroso groups, excluding NO2 is 1. The molecule has 4 N–H and O–H groups in total. The maximum absolute atomic E-state index is 10.5. The van der Waals surface area contributed by atoms with Gasteiger partial charge in [-0.2, -0.15) is 4.91 Å². The number of carboxylic acid groups (broad SMARTS) is 1. The second-order valence-electron chi connectivity index (χ2n) is 3.39. The lowest BCUT2D eigenvalue weighted by Crippen LogP contribution is -2.31. The molecule has 6 heteroatoms. The van der Waals surface area contributed by atoms with Crippen molar-refractivity contribution < 1.29 is 15.0 Å². The predicted octanol–water partition coefficient (Wildman–Crippen LogP) is 0.695. The van der Waals surface area contributed by atoms with Gasteiger partial charge in [-0.05, 0) is 12.5 Å². The van der Waals surface area contributed by atoms with Crippen LogP contribution >= 0.6 is 0 Å². The number of aliphatic hydroxyl groups is 1. The molecule has 1 aliphatic rings. The van der Waals surface area contributed by atoms with Crippen LogP contribution in [0.3, 0.4) is 0 Å². The molecule has 0 aromatic rings. The Kier molecular flexibility index (Phi) is 3.56. The van der Waals surface area contributed by atoms with Crippen LogP contribution in [0.2, 0.25) is 0 Å². The van der Waals surface area contributed by atoms with Gasteiger partial charge in [-0.1, -0.05) is 16.8 Å². The summed E-state index contributed by atoms with van der Waals surface area (Å²) in [7, 11) is 0. The Labute approximate surface area is 86.1 Å². The monoisotopic (exact) mass is 212 g/mol. The number of allylic oxidation sites excluding steroid dienone is 2. The SMILES string of the molecule is NC(CC1=CC=C(O)C(N=O)C1)C(=O)O. The van der Waals surface area contributed by atoms with Gasteiger partial charge < -0.3 is 15.9 Å². The lowest BCUT2D eigenvalue weighted by Gasteiger charge is -2.17. The number of aliphatic hydroxyl groups excluding tert-OH is 1. The highest BCUT2D eigenvalue weighted by atomic mass is 16.4. The zero-order valence-corrected chi connectivity index (χ0v) is 7.96. The van der Waals surface area contributed by atoms with E-state index < -0.39 is 18.1 Å². The van der Waals surface area contributed by atoms with Crippen molar-refractivity contribution in [2.24, 2.45) is 10.9 Å². The van der Waals surface area contributed by atoms with Crippen molar-refractivity contribution in [2.45, 2.75) is 24.9 Å². The summed E-state index contributed by atoms with van der Waals surface area (Å²) in [5, 5.41) is 20.5. The minimum Gasteiger partial charge on any atom is -0.510 e. The van der Waals surface area contributed by atoms with Crippen molar-refractivity contribution >= 4 is 5.97 Å². The smallest absolute Gasteiger partial charge is 0.320 e. The van der Waals surface area contributed by atoms with E-state index in [1.807, 2.05) is 0 Å². The average Bonchev–Trinajstić information content (AvgIpc) is 2.20. The zero-order valence-electron chi connectivity index (χ0n) is 7.96. The Balaban J connectivity index is 2.66. The molecule has 0 aliphatic heterocycles. The third kappa shape index (κ3) is 2.88. The molecule has 0 bridgehead atoms. The maximum atomic E-state index is 10.5. The fourth-order valence-electron chi connectivity index (χ4n) is 1.35. The van der Waals surface area contributed by atoms with Crippen molar-refractivity contribution in [3.63, 3.8) is 0 Å². The molecule has 0 aromatic carbocycles. The molecule has 0 saturated heterocycles. The molecule has 0 saturated carbocycles. The van der Waals surface area contributed by atoms with Crippen LogP contribution in [0.15, 0.2) is 28.7 Å². The van der Waals surface area contributed by atoms with Crippen LogP contribution < -0.4 is 5.73 Å². The molecule has 0 radical (unpaired) electrons. The van der Waals surface area contributed by atoms with Crippen molar-refractivity contribution in [1.29, 1.82) is 0 Å². The van der Waals surface area contributed by atoms with Crippen LogP contribution in [0.1, 0.15) is 12.8 Å². The number of hydrogen-bond donors (Lipinski definition) is 3. The summed E-state index contributed by atoms with van der Waals surface area (Å²) in [5.41, 5.74) is 6.04. The van der Waals surface area contributed by atoms with Gasteiger partial charge in [-0.15, -0.1) is 0 Å². The summed E-state index contributed by atoms with van der Waals surface area (Å²) in [5.74, 6) is -1.19. The van der Waals surface area contributed by atoms with E-state index in [0.717, 1.165) is 0 Å². The van der Waals surface area contributed by atoms with Crippen molar-refractivity contribution in [3.05, 3.63) is 28.4 Å². The highest BCUT2D eigenvalue weighted by molar-refractivity contribution is 5.73. The van der Waals surface area contributed by atoms with Gasteiger partial charge in [-0.25, -0.2) is 0 Å². The minimum atomic E-state index is -1.09. The molecular formula is C9H12N2O4. The van der Waals surface area contributed by atoms with Gasteiger partial charge in [0.25, 0.3) is 0 Å².